The molecule has 43 heavy (non-hydrogen) atoms. The number of anilines is 2. The summed E-state index contributed by atoms with van der Waals surface area (Å²) in [5.41, 5.74) is 1.79. The lowest BCUT2D eigenvalue weighted by molar-refractivity contribution is -0.115. The fraction of sp³-hybridized carbons (Fsp3) is 0.0625. The highest BCUT2D eigenvalue weighted by atomic mass is 79.9. The standard InChI is InChI=1S/C32H25BrClN3O5S/c1-19(29(38)36-27-17-22(32(41)42)13-14-26(27)34)43-25-12-6-11-24(18-25)35-31(40)28(16-20-7-5-10-23(33)15-20)37-30(39)21-8-3-2-4-9-21/h2-19H,1H3,(H,35,40)(H,36,38)(H,37,39)(H,41,42)/b28-16+. The molecular formula is C32H25BrClN3O5S. The first kappa shape index (κ1) is 31.6. The van der Waals surface area contributed by atoms with Gasteiger partial charge in [0.2, 0.25) is 5.91 Å². The summed E-state index contributed by atoms with van der Waals surface area (Å²) in [6.07, 6.45) is 1.58. The van der Waals surface area contributed by atoms with Crippen molar-refractivity contribution in [3.05, 3.63) is 129 Å². The third-order valence-electron chi connectivity index (χ3n) is 5.93. The number of amides is 3. The molecule has 0 aromatic heterocycles. The van der Waals surface area contributed by atoms with Crippen LogP contribution in [0.4, 0.5) is 11.4 Å². The van der Waals surface area contributed by atoms with Crippen LogP contribution in [0.2, 0.25) is 5.02 Å². The number of halogens is 2. The summed E-state index contributed by atoms with van der Waals surface area (Å²) in [6, 6.07) is 26.8. The molecule has 4 rings (SSSR count). The van der Waals surface area contributed by atoms with Gasteiger partial charge in [-0.15, -0.1) is 11.8 Å². The van der Waals surface area contributed by atoms with Crippen molar-refractivity contribution in [1.29, 1.82) is 0 Å². The third-order valence-corrected chi connectivity index (χ3v) is 7.85. The number of rotatable bonds is 10. The Morgan fingerprint density at radius 1 is 0.860 bits per heavy atom. The molecule has 1 unspecified atom stereocenters. The number of hydrogen-bond acceptors (Lipinski definition) is 5. The molecule has 0 radical (unpaired) electrons. The van der Waals surface area contributed by atoms with Gasteiger partial charge in [0.05, 0.1) is 21.5 Å². The second kappa shape index (κ2) is 14.7. The predicted molar refractivity (Wildman–Crippen MR) is 173 cm³/mol. The van der Waals surface area contributed by atoms with Gasteiger partial charge in [0, 0.05) is 20.6 Å². The Bertz CT molecular complexity index is 1710. The average molecular weight is 679 g/mol. The topological polar surface area (TPSA) is 125 Å². The van der Waals surface area contributed by atoms with Crippen molar-refractivity contribution in [2.45, 2.75) is 17.1 Å². The van der Waals surface area contributed by atoms with Crippen LogP contribution in [0, 0.1) is 0 Å². The number of carboxylic acid groups (broad SMARTS) is 1. The van der Waals surface area contributed by atoms with Crippen LogP contribution >= 0.6 is 39.3 Å². The highest BCUT2D eigenvalue weighted by Gasteiger charge is 2.19. The summed E-state index contributed by atoms with van der Waals surface area (Å²) in [5, 5.41) is 17.1. The van der Waals surface area contributed by atoms with E-state index in [1.807, 2.05) is 24.3 Å². The minimum atomic E-state index is -1.14. The van der Waals surface area contributed by atoms with E-state index in [1.165, 1.54) is 30.0 Å². The van der Waals surface area contributed by atoms with Crippen molar-refractivity contribution >= 4 is 80.4 Å². The molecule has 0 spiro atoms. The van der Waals surface area contributed by atoms with Crippen LogP contribution in [0.5, 0.6) is 0 Å². The van der Waals surface area contributed by atoms with Crippen LogP contribution in [0.15, 0.2) is 112 Å². The van der Waals surface area contributed by atoms with Gasteiger partial charge in [-0.05, 0) is 79.2 Å². The second-order valence-corrected chi connectivity index (χ2v) is 11.9. The van der Waals surface area contributed by atoms with Crippen molar-refractivity contribution < 1.29 is 24.3 Å². The molecular weight excluding hydrogens is 654 g/mol. The minimum absolute atomic E-state index is 0.00303. The van der Waals surface area contributed by atoms with Crippen LogP contribution in [-0.2, 0) is 9.59 Å². The normalized spacial score (nSPS) is 11.7. The summed E-state index contributed by atoms with van der Waals surface area (Å²) >= 11 is 10.8. The number of aromatic carboxylic acids is 1. The highest BCUT2D eigenvalue weighted by molar-refractivity contribution is 9.10. The van der Waals surface area contributed by atoms with E-state index in [0.717, 1.165) is 4.47 Å². The summed E-state index contributed by atoms with van der Waals surface area (Å²) in [6.45, 7) is 1.69. The molecule has 4 aromatic rings. The molecule has 0 fully saturated rings. The maximum atomic E-state index is 13.4. The maximum Gasteiger partial charge on any atom is 0.335 e. The molecule has 0 aliphatic rings. The number of nitrogens with one attached hydrogen (secondary N) is 3. The lowest BCUT2D eigenvalue weighted by atomic mass is 10.1. The smallest absolute Gasteiger partial charge is 0.335 e. The zero-order chi connectivity index (χ0) is 30.9. The zero-order valence-electron chi connectivity index (χ0n) is 22.6. The van der Waals surface area contributed by atoms with Gasteiger partial charge in [0.25, 0.3) is 11.8 Å². The number of hydrogen-bond donors (Lipinski definition) is 4. The van der Waals surface area contributed by atoms with E-state index < -0.39 is 23.0 Å². The predicted octanol–water partition coefficient (Wildman–Crippen LogP) is 7.33. The largest absolute Gasteiger partial charge is 0.478 e. The van der Waals surface area contributed by atoms with Gasteiger partial charge in [-0.1, -0.05) is 63.9 Å². The van der Waals surface area contributed by atoms with E-state index in [1.54, 1.807) is 67.6 Å². The van der Waals surface area contributed by atoms with Gasteiger partial charge in [0.1, 0.15) is 5.70 Å². The van der Waals surface area contributed by atoms with E-state index >= 15 is 0 Å². The Hall–Kier alpha value is -4.38. The van der Waals surface area contributed by atoms with E-state index in [2.05, 4.69) is 31.9 Å². The molecule has 1 atom stereocenters. The lowest BCUT2D eigenvalue weighted by Crippen LogP contribution is -2.30. The fourth-order valence-corrected chi connectivity index (χ4v) is 5.31. The number of carboxylic acids is 1. The Morgan fingerprint density at radius 2 is 1.60 bits per heavy atom. The van der Waals surface area contributed by atoms with E-state index in [0.29, 0.717) is 21.7 Å². The number of thioether (sulfide) groups is 1. The van der Waals surface area contributed by atoms with E-state index in [9.17, 15) is 24.3 Å². The van der Waals surface area contributed by atoms with Gasteiger partial charge in [-0.2, -0.15) is 0 Å². The lowest BCUT2D eigenvalue weighted by Gasteiger charge is -2.15. The van der Waals surface area contributed by atoms with Gasteiger partial charge in [-0.3, -0.25) is 14.4 Å². The first-order valence-electron chi connectivity index (χ1n) is 12.8. The van der Waals surface area contributed by atoms with E-state index in [-0.39, 0.29) is 27.9 Å². The van der Waals surface area contributed by atoms with Crippen molar-refractivity contribution in [1.82, 2.24) is 5.32 Å². The SMILES string of the molecule is CC(Sc1cccc(NC(=O)/C(=C\c2cccc(Br)c2)NC(=O)c2ccccc2)c1)C(=O)Nc1cc(C(=O)O)ccc1Cl. The third kappa shape index (κ3) is 9.05. The van der Waals surface area contributed by atoms with Crippen molar-refractivity contribution in [3.8, 4) is 0 Å². The van der Waals surface area contributed by atoms with Crippen molar-refractivity contribution in [2.24, 2.45) is 0 Å². The summed E-state index contributed by atoms with van der Waals surface area (Å²) in [4.78, 5) is 51.1. The first-order valence-corrected chi connectivity index (χ1v) is 14.9. The molecule has 0 saturated heterocycles. The quantitative estimate of drug-likeness (QED) is 0.103. The molecule has 0 aliphatic heterocycles. The number of carbonyl (C=O) groups excluding carboxylic acids is 3. The van der Waals surface area contributed by atoms with Crippen molar-refractivity contribution in [3.63, 3.8) is 0 Å². The fourth-order valence-electron chi connectivity index (χ4n) is 3.80. The Balaban J connectivity index is 1.48. The van der Waals surface area contributed by atoms with Crippen LogP contribution in [0.1, 0.15) is 33.2 Å². The van der Waals surface area contributed by atoms with Gasteiger partial charge in [0.15, 0.2) is 0 Å². The molecule has 4 aromatic carbocycles. The molecule has 0 aliphatic carbocycles. The summed E-state index contributed by atoms with van der Waals surface area (Å²) in [5.74, 6) is -2.49. The van der Waals surface area contributed by atoms with Gasteiger partial charge in [-0.25, -0.2) is 4.79 Å². The van der Waals surface area contributed by atoms with Gasteiger partial charge >= 0.3 is 5.97 Å². The second-order valence-electron chi connectivity index (χ2n) is 9.16. The number of carbonyl (C=O) groups is 4. The molecule has 0 heterocycles. The minimum Gasteiger partial charge on any atom is -0.478 e. The molecule has 8 nitrogen and oxygen atoms in total. The van der Waals surface area contributed by atoms with Crippen molar-refractivity contribution in [2.75, 3.05) is 10.6 Å². The Morgan fingerprint density at radius 3 is 2.33 bits per heavy atom. The highest BCUT2D eigenvalue weighted by Crippen LogP contribution is 2.29. The van der Waals surface area contributed by atoms with Gasteiger partial charge < -0.3 is 21.1 Å². The molecule has 0 saturated carbocycles. The first-order chi connectivity index (χ1) is 20.6. The zero-order valence-corrected chi connectivity index (χ0v) is 25.8. The average Bonchev–Trinajstić information content (AvgIpc) is 2.98. The van der Waals surface area contributed by atoms with Crippen LogP contribution in [-0.4, -0.2) is 34.0 Å². The summed E-state index contributed by atoms with van der Waals surface area (Å²) in [7, 11) is 0. The molecule has 218 valence electrons. The van der Waals surface area contributed by atoms with Crippen LogP contribution in [0.25, 0.3) is 6.08 Å². The van der Waals surface area contributed by atoms with Crippen LogP contribution < -0.4 is 16.0 Å². The maximum absolute atomic E-state index is 13.4. The molecule has 4 N–H and O–H groups in total. The Kier molecular flexibility index (Phi) is 10.8. The molecule has 11 heteroatoms. The molecule has 0 bridgehead atoms. The summed E-state index contributed by atoms with van der Waals surface area (Å²) < 4.78 is 0.815. The molecule has 3 amide bonds. The Labute approximate surface area is 265 Å². The number of benzene rings is 4. The van der Waals surface area contributed by atoms with Crippen LogP contribution in [0.3, 0.4) is 0 Å². The van der Waals surface area contributed by atoms with E-state index in [4.69, 9.17) is 11.6 Å². The monoisotopic (exact) mass is 677 g/mol.